The maximum absolute atomic E-state index is 2.48. The highest BCUT2D eigenvalue weighted by atomic mass is 15.2. The van der Waals surface area contributed by atoms with Gasteiger partial charge in [0.15, 0.2) is 0 Å². The van der Waals surface area contributed by atoms with E-state index >= 15 is 0 Å². The van der Waals surface area contributed by atoms with Crippen molar-refractivity contribution in [1.82, 2.24) is 0 Å². The van der Waals surface area contributed by atoms with E-state index in [-0.39, 0.29) is 0 Å². The molecular formula is C74H53N3. The summed E-state index contributed by atoms with van der Waals surface area (Å²) < 4.78 is 0. The number of anilines is 9. The van der Waals surface area contributed by atoms with Gasteiger partial charge in [-0.05, 0) is 142 Å². The Morgan fingerprint density at radius 3 is 0.662 bits per heavy atom. The van der Waals surface area contributed by atoms with E-state index in [4.69, 9.17) is 0 Å². The number of para-hydroxylation sites is 3. The van der Waals surface area contributed by atoms with Gasteiger partial charge in [0, 0.05) is 61.4 Å². The van der Waals surface area contributed by atoms with Crippen molar-refractivity contribution >= 4 is 72.7 Å². The molecule has 13 aromatic carbocycles. The zero-order chi connectivity index (χ0) is 51.3. The zero-order valence-electron chi connectivity index (χ0n) is 42.4. The number of benzene rings is 13. The van der Waals surface area contributed by atoms with Crippen LogP contribution in [-0.2, 0) is 0 Å². The standard InChI is InChI=1S/C74H53N3/c1-8-22-54(23-9-1)58-36-42-66(43-37-58)77(67-44-38-59(39-45-67)55-24-10-2-11-25-55)74-70-51-41-60(56-26-12-3-13-27-56)52-71(70)73(69-50-40-61(53-72(69)74)57-28-14-4-15-29-57)76(64-34-20-7-21-35-64)68-48-46-65(47-49-68)75(62-30-16-5-17-31-62)63-32-18-6-19-33-63/h1-53H. The third-order valence-electron chi connectivity index (χ3n) is 14.6. The van der Waals surface area contributed by atoms with Crippen molar-refractivity contribution in [1.29, 1.82) is 0 Å². The Morgan fingerprint density at radius 2 is 0.351 bits per heavy atom. The van der Waals surface area contributed by atoms with Gasteiger partial charge in [-0.25, -0.2) is 0 Å². The van der Waals surface area contributed by atoms with Crippen molar-refractivity contribution in [2.75, 3.05) is 14.7 Å². The Labute approximate surface area is 451 Å². The smallest absolute Gasteiger partial charge is 0.0620 e. The highest BCUT2D eigenvalue weighted by Gasteiger charge is 2.27. The molecule has 3 heteroatoms. The first-order chi connectivity index (χ1) is 38.2. The molecule has 0 heterocycles. The highest BCUT2D eigenvalue weighted by Crippen LogP contribution is 2.53. The first-order valence-electron chi connectivity index (χ1n) is 26.3. The monoisotopic (exact) mass is 983 g/mol. The normalized spacial score (nSPS) is 11.1. The molecule has 0 saturated heterocycles. The van der Waals surface area contributed by atoms with E-state index in [1.807, 2.05) is 0 Å². The zero-order valence-corrected chi connectivity index (χ0v) is 42.4. The fraction of sp³-hybridized carbons (Fsp3) is 0. The lowest BCUT2D eigenvalue weighted by Gasteiger charge is -2.33. The SMILES string of the molecule is c1ccc(-c2ccc(N(c3ccc(-c4ccccc4)cc3)c3c4ccc(-c5ccccc5)cc4c(N(c4ccccc4)c4ccc(N(c5ccccc5)c5ccccc5)cc4)c4ccc(-c5ccccc5)cc34)cc2)cc1. The molecule has 0 bridgehead atoms. The van der Waals surface area contributed by atoms with E-state index in [9.17, 15) is 0 Å². The van der Waals surface area contributed by atoms with Crippen LogP contribution in [0.2, 0.25) is 0 Å². The maximum atomic E-state index is 2.48. The predicted octanol–water partition coefficient (Wildman–Crippen LogP) is 21.1. The minimum atomic E-state index is 1.04. The summed E-state index contributed by atoms with van der Waals surface area (Å²) in [7, 11) is 0. The van der Waals surface area contributed by atoms with Gasteiger partial charge in [-0.15, -0.1) is 0 Å². The number of rotatable bonds is 13. The van der Waals surface area contributed by atoms with E-state index in [0.29, 0.717) is 0 Å². The van der Waals surface area contributed by atoms with Crippen LogP contribution in [-0.4, -0.2) is 0 Å². The van der Waals surface area contributed by atoms with Crippen LogP contribution in [0.25, 0.3) is 66.1 Å². The van der Waals surface area contributed by atoms with Crippen LogP contribution in [0.3, 0.4) is 0 Å². The van der Waals surface area contributed by atoms with Crippen molar-refractivity contribution in [2.24, 2.45) is 0 Å². The number of hydrogen-bond donors (Lipinski definition) is 0. The molecule has 0 unspecified atom stereocenters. The summed E-state index contributed by atoms with van der Waals surface area (Å²) in [4.78, 5) is 7.28. The Balaban J connectivity index is 1.10. The summed E-state index contributed by atoms with van der Waals surface area (Å²) >= 11 is 0. The summed E-state index contributed by atoms with van der Waals surface area (Å²) in [5, 5.41) is 4.48. The van der Waals surface area contributed by atoms with Gasteiger partial charge in [0.2, 0.25) is 0 Å². The van der Waals surface area contributed by atoms with Crippen LogP contribution >= 0.6 is 0 Å². The highest BCUT2D eigenvalue weighted by molar-refractivity contribution is 6.24. The van der Waals surface area contributed by atoms with Gasteiger partial charge in [0.25, 0.3) is 0 Å². The first kappa shape index (κ1) is 46.6. The fourth-order valence-electron chi connectivity index (χ4n) is 10.9. The third kappa shape index (κ3) is 9.28. The topological polar surface area (TPSA) is 9.72 Å². The van der Waals surface area contributed by atoms with Gasteiger partial charge in [-0.3, -0.25) is 0 Å². The molecular weight excluding hydrogens is 931 g/mol. The van der Waals surface area contributed by atoms with Gasteiger partial charge in [0.1, 0.15) is 0 Å². The molecule has 364 valence electrons. The largest absolute Gasteiger partial charge is 0.311 e. The second kappa shape index (κ2) is 21.0. The minimum absolute atomic E-state index is 1.04. The van der Waals surface area contributed by atoms with E-state index in [0.717, 1.165) is 106 Å². The van der Waals surface area contributed by atoms with Gasteiger partial charge < -0.3 is 14.7 Å². The maximum Gasteiger partial charge on any atom is 0.0620 e. The molecule has 0 spiro atoms. The minimum Gasteiger partial charge on any atom is -0.311 e. The van der Waals surface area contributed by atoms with Crippen LogP contribution in [0, 0.1) is 0 Å². The second-order valence-corrected chi connectivity index (χ2v) is 19.3. The Bertz CT molecular complexity index is 3960. The summed E-state index contributed by atoms with van der Waals surface area (Å²) in [5.74, 6) is 0. The van der Waals surface area contributed by atoms with Gasteiger partial charge in [-0.2, -0.15) is 0 Å². The van der Waals surface area contributed by atoms with Crippen LogP contribution in [0.15, 0.2) is 322 Å². The molecule has 13 aromatic rings. The predicted molar refractivity (Wildman–Crippen MR) is 327 cm³/mol. The lowest BCUT2D eigenvalue weighted by Crippen LogP contribution is -2.15. The number of fused-ring (bicyclic) bond motifs is 2. The molecule has 0 fully saturated rings. The van der Waals surface area contributed by atoms with Crippen LogP contribution in [0.5, 0.6) is 0 Å². The average molecular weight is 984 g/mol. The quantitative estimate of drug-likeness (QED) is 0.0842. The van der Waals surface area contributed by atoms with Crippen molar-refractivity contribution in [3.63, 3.8) is 0 Å². The third-order valence-corrected chi connectivity index (χ3v) is 14.6. The van der Waals surface area contributed by atoms with Crippen LogP contribution < -0.4 is 14.7 Å². The van der Waals surface area contributed by atoms with Gasteiger partial charge >= 0.3 is 0 Å². The Morgan fingerprint density at radius 1 is 0.143 bits per heavy atom. The fourth-order valence-corrected chi connectivity index (χ4v) is 10.9. The van der Waals surface area contributed by atoms with Crippen molar-refractivity contribution in [3.05, 3.63) is 322 Å². The molecule has 0 aliphatic heterocycles. The molecule has 0 aliphatic rings. The molecule has 0 aromatic heterocycles. The van der Waals surface area contributed by atoms with E-state index in [2.05, 4.69) is 336 Å². The number of hydrogen-bond acceptors (Lipinski definition) is 3. The van der Waals surface area contributed by atoms with E-state index in [1.54, 1.807) is 0 Å². The lowest BCUT2D eigenvalue weighted by molar-refractivity contribution is 1.26. The molecule has 0 radical (unpaired) electrons. The molecule has 0 aliphatic carbocycles. The van der Waals surface area contributed by atoms with Crippen molar-refractivity contribution in [3.8, 4) is 44.5 Å². The van der Waals surface area contributed by atoms with Crippen molar-refractivity contribution in [2.45, 2.75) is 0 Å². The molecule has 0 N–H and O–H groups in total. The molecule has 0 saturated carbocycles. The molecule has 3 nitrogen and oxygen atoms in total. The van der Waals surface area contributed by atoms with Gasteiger partial charge in [0.05, 0.1) is 11.4 Å². The molecule has 0 atom stereocenters. The Hall–Kier alpha value is -10.2. The second-order valence-electron chi connectivity index (χ2n) is 19.3. The molecule has 13 rings (SSSR count). The van der Waals surface area contributed by atoms with Crippen LogP contribution in [0.1, 0.15) is 0 Å². The summed E-state index contributed by atoms with van der Waals surface area (Å²) in [6.45, 7) is 0. The van der Waals surface area contributed by atoms with Crippen molar-refractivity contribution < 1.29 is 0 Å². The molecule has 0 amide bonds. The summed E-state index contributed by atoms with van der Waals surface area (Å²) in [6.07, 6.45) is 0. The van der Waals surface area contributed by atoms with E-state index in [1.165, 1.54) is 11.1 Å². The van der Waals surface area contributed by atoms with Crippen LogP contribution in [0.4, 0.5) is 51.2 Å². The lowest BCUT2D eigenvalue weighted by atomic mass is 9.91. The number of nitrogens with zero attached hydrogens (tertiary/aromatic N) is 3. The summed E-state index contributed by atoms with van der Waals surface area (Å²) in [6, 6.07) is 116. The van der Waals surface area contributed by atoms with Gasteiger partial charge in [-0.1, -0.05) is 224 Å². The average Bonchev–Trinajstić information content (AvgIpc) is 3.62. The Kier molecular flexibility index (Phi) is 12.7. The summed E-state index contributed by atoms with van der Waals surface area (Å²) in [5.41, 5.74) is 18.9. The van der Waals surface area contributed by atoms with E-state index < -0.39 is 0 Å². The first-order valence-corrected chi connectivity index (χ1v) is 26.3. The molecule has 77 heavy (non-hydrogen) atoms.